The third-order valence-electron chi connectivity index (χ3n) is 3.82. The highest BCUT2D eigenvalue weighted by atomic mass is 16.5. The molecule has 1 fully saturated rings. The lowest BCUT2D eigenvalue weighted by Crippen LogP contribution is -2.23. The number of benzene rings is 1. The van der Waals surface area contributed by atoms with Gasteiger partial charge in [0.25, 0.3) is 0 Å². The van der Waals surface area contributed by atoms with Crippen molar-refractivity contribution >= 4 is 0 Å². The van der Waals surface area contributed by atoms with Gasteiger partial charge in [-0.15, -0.1) is 0 Å². The van der Waals surface area contributed by atoms with Gasteiger partial charge in [-0.05, 0) is 62.8 Å². The maximum Gasteiger partial charge on any atom is 0.119 e. The van der Waals surface area contributed by atoms with Crippen LogP contribution in [0.25, 0.3) is 0 Å². The molecule has 0 radical (unpaired) electrons. The van der Waals surface area contributed by atoms with Crippen LogP contribution in [0.3, 0.4) is 0 Å². The van der Waals surface area contributed by atoms with E-state index >= 15 is 0 Å². The summed E-state index contributed by atoms with van der Waals surface area (Å²) >= 11 is 0. The van der Waals surface area contributed by atoms with E-state index in [1.807, 2.05) is 0 Å². The third kappa shape index (κ3) is 4.54. The largest absolute Gasteiger partial charge is 0.490 e. The van der Waals surface area contributed by atoms with Crippen LogP contribution in [0, 0.1) is 5.92 Å². The van der Waals surface area contributed by atoms with E-state index in [0.717, 1.165) is 12.3 Å². The Morgan fingerprint density at radius 2 is 1.74 bits per heavy atom. The van der Waals surface area contributed by atoms with Crippen molar-refractivity contribution in [2.45, 2.75) is 58.6 Å². The molecule has 0 spiro atoms. The molecule has 0 bridgehead atoms. The zero-order valence-electron chi connectivity index (χ0n) is 12.5. The topological polar surface area (TPSA) is 21.3 Å². The normalized spacial score (nSPS) is 17.9. The molecule has 0 aliphatic heterocycles. The van der Waals surface area contributed by atoms with Gasteiger partial charge in [-0.3, -0.25) is 0 Å². The fourth-order valence-corrected chi connectivity index (χ4v) is 2.56. The SMILES string of the molecule is CC(C)CN[C@H](C)c1ccc(OC2CCCC2)cc1. The van der Waals surface area contributed by atoms with Crippen molar-refractivity contribution in [2.24, 2.45) is 5.92 Å². The zero-order chi connectivity index (χ0) is 13.7. The molecule has 1 aromatic rings. The van der Waals surface area contributed by atoms with Crippen molar-refractivity contribution in [1.82, 2.24) is 5.32 Å². The second kappa shape index (κ2) is 6.95. The molecule has 1 N–H and O–H groups in total. The average molecular weight is 261 g/mol. The van der Waals surface area contributed by atoms with E-state index in [-0.39, 0.29) is 0 Å². The zero-order valence-corrected chi connectivity index (χ0v) is 12.5. The molecular weight excluding hydrogens is 234 g/mol. The highest BCUT2D eigenvalue weighted by Gasteiger charge is 2.16. The van der Waals surface area contributed by atoms with Crippen LogP contribution in [0.5, 0.6) is 5.75 Å². The maximum absolute atomic E-state index is 5.99. The Labute approximate surface area is 117 Å². The van der Waals surface area contributed by atoms with Crippen molar-refractivity contribution in [3.05, 3.63) is 29.8 Å². The van der Waals surface area contributed by atoms with Gasteiger partial charge < -0.3 is 10.1 Å². The maximum atomic E-state index is 5.99. The Morgan fingerprint density at radius 1 is 1.11 bits per heavy atom. The van der Waals surface area contributed by atoms with Crippen molar-refractivity contribution in [1.29, 1.82) is 0 Å². The molecule has 1 atom stereocenters. The highest BCUT2D eigenvalue weighted by Crippen LogP contribution is 2.25. The smallest absolute Gasteiger partial charge is 0.119 e. The van der Waals surface area contributed by atoms with Crippen LogP contribution in [-0.2, 0) is 0 Å². The molecule has 0 saturated heterocycles. The van der Waals surface area contributed by atoms with Crippen LogP contribution in [0.1, 0.15) is 58.1 Å². The minimum Gasteiger partial charge on any atom is -0.490 e. The van der Waals surface area contributed by atoms with Crippen molar-refractivity contribution in [2.75, 3.05) is 6.54 Å². The summed E-state index contributed by atoms with van der Waals surface area (Å²) in [5.74, 6) is 1.71. The van der Waals surface area contributed by atoms with Crippen molar-refractivity contribution in [3.63, 3.8) is 0 Å². The van der Waals surface area contributed by atoms with Gasteiger partial charge in [0.2, 0.25) is 0 Å². The summed E-state index contributed by atoms with van der Waals surface area (Å²) in [6.45, 7) is 7.74. The summed E-state index contributed by atoms with van der Waals surface area (Å²) in [5, 5.41) is 3.55. The minimum atomic E-state index is 0.405. The Kier molecular flexibility index (Phi) is 5.26. The van der Waals surface area contributed by atoms with Crippen molar-refractivity contribution in [3.8, 4) is 5.75 Å². The molecule has 1 saturated carbocycles. The lowest BCUT2D eigenvalue weighted by atomic mass is 10.1. The summed E-state index contributed by atoms with van der Waals surface area (Å²) < 4.78 is 5.99. The predicted molar refractivity (Wildman–Crippen MR) is 80.6 cm³/mol. The summed E-state index contributed by atoms with van der Waals surface area (Å²) in [6.07, 6.45) is 5.52. The molecule has 0 aromatic heterocycles. The van der Waals surface area contributed by atoms with E-state index in [1.54, 1.807) is 0 Å². The van der Waals surface area contributed by atoms with E-state index < -0.39 is 0 Å². The number of hydrogen-bond acceptors (Lipinski definition) is 2. The molecule has 2 heteroatoms. The molecule has 106 valence electrons. The first-order valence-electron chi connectivity index (χ1n) is 7.65. The van der Waals surface area contributed by atoms with Crippen LogP contribution < -0.4 is 10.1 Å². The summed E-state index contributed by atoms with van der Waals surface area (Å²) in [4.78, 5) is 0. The lowest BCUT2D eigenvalue weighted by Gasteiger charge is -2.17. The third-order valence-corrected chi connectivity index (χ3v) is 3.82. The average Bonchev–Trinajstić information content (AvgIpc) is 2.89. The number of nitrogens with one attached hydrogen (secondary N) is 1. The number of hydrogen-bond donors (Lipinski definition) is 1. The second-order valence-corrected chi connectivity index (χ2v) is 6.12. The fraction of sp³-hybridized carbons (Fsp3) is 0.647. The molecule has 0 amide bonds. The Morgan fingerprint density at radius 3 is 2.32 bits per heavy atom. The second-order valence-electron chi connectivity index (χ2n) is 6.12. The molecule has 2 rings (SSSR count). The molecular formula is C17H27NO. The molecule has 19 heavy (non-hydrogen) atoms. The molecule has 1 aliphatic carbocycles. The van der Waals surface area contributed by atoms with Gasteiger partial charge >= 0.3 is 0 Å². The van der Waals surface area contributed by atoms with Gasteiger partial charge in [-0.1, -0.05) is 26.0 Å². The van der Waals surface area contributed by atoms with Gasteiger partial charge in [0.1, 0.15) is 5.75 Å². The Hall–Kier alpha value is -1.02. The monoisotopic (exact) mass is 261 g/mol. The van der Waals surface area contributed by atoms with E-state index in [4.69, 9.17) is 4.74 Å². The molecule has 0 unspecified atom stereocenters. The molecule has 1 aliphatic rings. The van der Waals surface area contributed by atoms with E-state index in [0.29, 0.717) is 18.1 Å². The Bertz CT molecular complexity index is 365. The molecule has 1 aromatic carbocycles. The first-order valence-corrected chi connectivity index (χ1v) is 7.65. The molecule has 2 nitrogen and oxygen atoms in total. The van der Waals surface area contributed by atoms with Gasteiger partial charge in [0.05, 0.1) is 6.10 Å². The number of ether oxygens (including phenoxy) is 1. The van der Waals surface area contributed by atoms with Crippen LogP contribution in [0.4, 0.5) is 0 Å². The Balaban J connectivity index is 1.86. The van der Waals surface area contributed by atoms with Gasteiger partial charge in [0, 0.05) is 6.04 Å². The lowest BCUT2D eigenvalue weighted by molar-refractivity contribution is 0.210. The quantitative estimate of drug-likeness (QED) is 0.823. The van der Waals surface area contributed by atoms with Crippen LogP contribution >= 0.6 is 0 Å². The van der Waals surface area contributed by atoms with Crippen molar-refractivity contribution < 1.29 is 4.74 Å². The summed E-state index contributed by atoms with van der Waals surface area (Å²) in [6, 6.07) is 9.00. The summed E-state index contributed by atoms with van der Waals surface area (Å²) in [7, 11) is 0. The van der Waals surface area contributed by atoms with Crippen LogP contribution in [-0.4, -0.2) is 12.6 Å². The van der Waals surface area contributed by atoms with Gasteiger partial charge in [0.15, 0.2) is 0 Å². The molecule has 0 heterocycles. The van der Waals surface area contributed by atoms with E-state index in [1.165, 1.54) is 31.2 Å². The van der Waals surface area contributed by atoms with Gasteiger partial charge in [-0.2, -0.15) is 0 Å². The first kappa shape index (κ1) is 14.4. The first-order chi connectivity index (χ1) is 9.15. The van der Waals surface area contributed by atoms with Gasteiger partial charge in [-0.25, -0.2) is 0 Å². The van der Waals surface area contributed by atoms with Crippen LogP contribution in [0.15, 0.2) is 24.3 Å². The number of rotatable bonds is 6. The predicted octanol–water partition coefficient (Wildman–Crippen LogP) is 4.31. The standard InChI is InChI=1S/C17H27NO/c1-13(2)12-18-14(3)15-8-10-17(11-9-15)19-16-6-4-5-7-16/h8-11,13-14,16,18H,4-7,12H2,1-3H3/t14-/m1/s1. The van der Waals surface area contributed by atoms with E-state index in [9.17, 15) is 0 Å². The van der Waals surface area contributed by atoms with E-state index in [2.05, 4.69) is 50.4 Å². The summed E-state index contributed by atoms with van der Waals surface area (Å²) in [5.41, 5.74) is 1.33. The fourth-order valence-electron chi connectivity index (χ4n) is 2.56. The highest BCUT2D eigenvalue weighted by molar-refractivity contribution is 5.29. The van der Waals surface area contributed by atoms with Crippen LogP contribution in [0.2, 0.25) is 0 Å². The minimum absolute atomic E-state index is 0.405.